The average molecular weight is 370 g/mol. The van der Waals surface area contributed by atoms with Gasteiger partial charge in [-0.3, -0.25) is 4.79 Å². The first kappa shape index (κ1) is 17.4. The maximum Gasteiger partial charge on any atom is 0.230 e. The van der Waals surface area contributed by atoms with Crippen LogP contribution in [0, 0.1) is 6.92 Å². The summed E-state index contributed by atoms with van der Waals surface area (Å²) >= 11 is 0. The smallest absolute Gasteiger partial charge is 0.230 e. The summed E-state index contributed by atoms with van der Waals surface area (Å²) in [7, 11) is 1.98. The van der Waals surface area contributed by atoms with Gasteiger partial charge in [0.25, 0.3) is 0 Å². The van der Waals surface area contributed by atoms with Crippen LogP contribution in [0.4, 0.5) is 0 Å². The second-order valence-corrected chi connectivity index (χ2v) is 6.89. The fourth-order valence-electron chi connectivity index (χ4n) is 3.48. The van der Waals surface area contributed by atoms with Gasteiger partial charge in [-0.1, -0.05) is 5.16 Å². The van der Waals surface area contributed by atoms with Crippen molar-refractivity contribution in [2.45, 2.75) is 38.6 Å². The van der Waals surface area contributed by atoms with E-state index in [1.165, 1.54) is 6.33 Å². The molecule has 1 amide bonds. The van der Waals surface area contributed by atoms with Crippen molar-refractivity contribution in [3.63, 3.8) is 0 Å². The Morgan fingerprint density at radius 1 is 1.30 bits per heavy atom. The predicted octanol–water partition coefficient (Wildman–Crippen LogP) is 0.700. The van der Waals surface area contributed by atoms with Crippen molar-refractivity contribution in [2.24, 2.45) is 7.05 Å². The number of rotatable bonds is 5. The number of aryl methyl sites for hydroxylation is 1. The molecule has 0 spiro atoms. The molecule has 142 valence electrons. The van der Waals surface area contributed by atoms with E-state index in [4.69, 9.17) is 4.52 Å². The van der Waals surface area contributed by atoms with Gasteiger partial charge >= 0.3 is 0 Å². The van der Waals surface area contributed by atoms with E-state index >= 15 is 0 Å². The van der Waals surface area contributed by atoms with Gasteiger partial charge in [0.05, 0.1) is 12.1 Å². The normalized spacial score (nSPS) is 15.4. The number of likely N-dealkylation sites (tertiary alicyclic amines) is 1. The fourth-order valence-corrected chi connectivity index (χ4v) is 3.48. The summed E-state index contributed by atoms with van der Waals surface area (Å²) in [5, 5.41) is 16.6. The molecule has 4 heterocycles. The Labute approximate surface area is 156 Å². The zero-order valence-corrected chi connectivity index (χ0v) is 15.4. The lowest BCUT2D eigenvalue weighted by atomic mass is 9.95. The van der Waals surface area contributed by atoms with Gasteiger partial charge in [0.15, 0.2) is 5.82 Å². The molecule has 1 fully saturated rings. The van der Waals surface area contributed by atoms with Crippen molar-refractivity contribution in [2.75, 3.05) is 13.1 Å². The molecule has 1 aliphatic heterocycles. The van der Waals surface area contributed by atoms with Gasteiger partial charge in [0, 0.05) is 32.1 Å². The van der Waals surface area contributed by atoms with Crippen LogP contribution in [0.15, 0.2) is 23.2 Å². The maximum absolute atomic E-state index is 12.5. The number of nitrogens with zero attached hydrogens (tertiary/aromatic N) is 8. The van der Waals surface area contributed by atoms with Gasteiger partial charge in [-0.25, -0.2) is 9.67 Å². The second kappa shape index (κ2) is 7.29. The Kier molecular flexibility index (Phi) is 4.69. The van der Waals surface area contributed by atoms with E-state index in [0.717, 1.165) is 30.2 Å². The fraction of sp³-hybridized carbons (Fsp3) is 0.529. The van der Waals surface area contributed by atoms with Gasteiger partial charge in [-0.2, -0.15) is 5.10 Å². The Morgan fingerprint density at radius 2 is 2.11 bits per heavy atom. The highest BCUT2D eigenvalue weighted by molar-refractivity contribution is 5.78. The lowest BCUT2D eigenvalue weighted by Gasteiger charge is -2.31. The first-order chi connectivity index (χ1) is 13.1. The van der Waals surface area contributed by atoms with E-state index in [9.17, 15) is 4.79 Å². The Balaban J connectivity index is 1.35. The summed E-state index contributed by atoms with van der Waals surface area (Å²) in [4.78, 5) is 18.3. The predicted molar refractivity (Wildman–Crippen MR) is 93.6 cm³/mol. The highest BCUT2D eigenvalue weighted by Crippen LogP contribution is 2.27. The van der Waals surface area contributed by atoms with Crippen LogP contribution >= 0.6 is 0 Å². The highest BCUT2D eigenvalue weighted by atomic mass is 16.5. The van der Waals surface area contributed by atoms with Crippen LogP contribution in [-0.2, 0) is 24.8 Å². The first-order valence-corrected chi connectivity index (χ1v) is 9.00. The van der Waals surface area contributed by atoms with E-state index in [1.807, 2.05) is 23.4 Å². The van der Waals surface area contributed by atoms with Gasteiger partial charge in [-0.15, -0.1) is 10.2 Å². The third-order valence-corrected chi connectivity index (χ3v) is 4.98. The molecule has 1 saturated heterocycles. The number of aromatic nitrogens is 7. The zero-order valence-electron chi connectivity index (χ0n) is 15.4. The maximum atomic E-state index is 12.5. The molecule has 10 nitrogen and oxygen atoms in total. The molecule has 0 saturated carbocycles. The first-order valence-electron chi connectivity index (χ1n) is 9.00. The number of hydrogen-bond acceptors (Lipinski definition) is 7. The molecule has 0 radical (unpaired) electrons. The molecule has 4 rings (SSSR count). The number of carbonyl (C=O) groups is 1. The third-order valence-electron chi connectivity index (χ3n) is 4.98. The summed E-state index contributed by atoms with van der Waals surface area (Å²) in [6, 6.07) is 1.81. The van der Waals surface area contributed by atoms with E-state index < -0.39 is 0 Å². The Hall–Kier alpha value is -3.04. The third kappa shape index (κ3) is 3.74. The largest absolute Gasteiger partial charge is 0.361 e. The molecular weight excluding hydrogens is 348 g/mol. The number of piperidine rings is 1. The van der Waals surface area contributed by atoms with Gasteiger partial charge in [0.1, 0.15) is 30.8 Å². The van der Waals surface area contributed by atoms with Crippen LogP contribution in [0.2, 0.25) is 0 Å². The van der Waals surface area contributed by atoms with Crippen molar-refractivity contribution in [3.05, 3.63) is 41.8 Å². The molecule has 0 unspecified atom stereocenters. The number of amides is 1. The monoisotopic (exact) mass is 370 g/mol. The minimum Gasteiger partial charge on any atom is -0.361 e. The molecule has 3 aromatic rings. The van der Waals surface area contributed by atoms with Crippen LogP contribution in [0.5, 0.6) is 0 Å². The van der Waals surface area contributed by atoms with E-state index in [0.29, 0.717) is 31.3 Å². The van der Waals surface area contributed by atoms with Crippen molar-refractivity contribution in [3.8, 4) is 0 Å². The van der Waals surface area contributed by atoms with Crippen LogP contribution in [0.1, 0.15) is 41.9 Å². The standard InChI is InChI=1S/C17H22N8O2/c1-12-7-14(27-22-12)8-16(26)24-5-3-13(4-6-24)17-21-20-15(23(17)2)9-25-11-18-10-19-25/h7,10-11,13H,3-6,8-9H2,1-2H3. The number of hydrogen-bond donors (Lipinski definition) is 0. The molecule has 0 aliphatic carbocycles. The van der Waals surface area contributed by atoms with Gasteiger partial charge < -0.3 is 14.0 Å². The quantitative estimate of drug-likeness (QED) is 0.650. The van der Waals surface area contributed by atoms with E-state index in [1.54, 1.807) is 17.1 Å². The second-order valence-electron chi connectivity index (χ2n) is 6.89. The van der Waals surface area contributed by atoms with Gasteiger partial charge in [0.2, 0.25) is 5.91 Å². The van der Waals surface area contributed by atoms with Crippen molar-refractivity contribution >= 4 is 5.91 Å². The summed E-state index contributed by atoms with van der Waals surface area (Å²) < 4.78 is 8.90. The SMILES string of the molecule is Cc1cc(CC(=O)N2CCC(c3nnc(Cn4cncn4)n3C)CC2)on1. The summed E-state index contributed by atoms with van der Waals surface area (Å²) in [6.45, 7) is 3.81. The lowest BCUT2D eigenvalue weighted by Crippen LogP contribution is -2.39. The van der Waals surface area contributed by atoms with Crippen LogP contribution in [-0.4, -0.2) is 58.6 Å². The molecule has 0 bridgehead atoms. The Morgan fingerprint density at radius 3 is 2.78 bits per heavy atom. The van der Waals surface area contributed by atoms with Crippen molar-refractivity contribution in [1.29, 1.82) is 0 Å². The number of carbonyl (C=O) groups excluding carboxylic acids is 1. The summed E-state index contributed by atoms with van der Waals surface area (Å²) in [5.41, 5.74) is 0.792. The summed E-state index contributed by atoms with van der Waals surface area (Å²) in [6.07, 6.45) is 5.17. The highest BCUT2D eigenvalue weighted by Gasteiger charge is 2.27. The molecule has 0 aromatic carbocycles. The molecule has 1 aliphatic rings. The average Bonchev–Trinajstić information content (AvgIpc) is 3.40. The minimum absolute atomic E-state index is 0.0782. The van der Waals surface area contributed by atoms with Crippen molar-refractivity contribution < 1.29 is 9.32 Å². The van der Waals surface area contributed by atoms with Crippen LogP contribution in [0.3, 0.4) is 0 Å². The summed E-state index contributed by atoms with van der Waals surface area (Å²) in [5.74, 6) is 2.79. The van der Waals surface area contributed by atoms with E-state index in [2.05, 4.69) is 25.4 Å². The lowest BCUT2D eigenvalue weighted by molar-refractivity contribution is -0.131. The molecule has 10 heteroatoms. The Bertz CT molecular complexity index is 905. The molecule has 0 atom stereocenters. The van der Waals surface area contributed by atoms with Crippen molar-refractivity contribution in [1.82, 2.24) is 39.6 Å². The van der Waals surface area contributed by atoms with Crippen LogP contribution in [0.25, 0.3) is 0 Å². The molecule has 3 aromatic heterocycles. The van der Waals surface area contributed by atoms with Gasteiger partial charge in [-0.05, 0) is 19.8 Å². The van der Waals surface area contributed by atoms with E-state index in [-0.39, 0.29) is 12.3 Å². The minimum atomic E-state index is 0.0782. The topological polar surface area (TPSA) is 108 Å². The van der Waals surface area contributed by atoms with Crippen LogP contribution < -0.4 is 0 Å². The zero-order chi connectivity index (χ0) is 18.8. The molecule has 27 heavy (non-hydrogen) atoms. The molecule has 0 N–H and O–H groups in total. The molecular formula is C17H22N8O2.